The number of halogens is 2. The van der Waals surface area contributed by atoms with Crippen molar-refractivity contribution in [3.8, 4) is 0 Å². The van der Waals surface area contributed by atoms with Crippen LogP contribution in [0.3, 0.4) is 0 Å². The number of hydrogen-bond acceptors (Lipinski definition) is 4. The largest absolute Gasteiger partial charge is 0.454 e. The Morgan fingerprint density at radius 3 is 1.33 bits per heavy atom. The van der Waals surface area contributed by atoms with Gasteiger partial charge >= 0.3 is 11.9 Å². The van der Waals surface area contributed by atoms with Gasteiger partial charge in [0.05, 0.1) is 23.0 Å². The number of esters is 2. The number of hydrogen-bond donors (Lipinski definition) is 0. The minimum atomic E-state index is -0.695. The summed E-state index contributed by atoms with van der Waals surface area (Å²) in [6.07, 6.45) is -1.38. The molecule has 2 bridgehead atoms. The second-order valence-electron chi connectivity index (χ2n) is 8.97. The van der Waals surface area contributed by atoms with Gasteiger partial charge in [-0.25, -0.2) is 9.59 Å². The number of benzene rings is 4. The maximum atomic E-state index is 13.3. The summed E-state index contributed by atoms with van der Waals surface area (Å²) in [6, 6.07) is 30.1. The molecule has 4 nitrogen and oxygen atoms in total. The summed E-state index contributed by atoms with van der Waals surface area (Å²) in [7, 11) is 0. The van der Waals surface area contributed by atoms with Gasteiger partial charge in [0.15, 0.2) is 12.2 Å². The molecule has 3 aliphatic carbocycles. The molecule has 0 saturated carbocycles. The third kappa shape index (κ3) is 3.98. The molecule has 0 spiro atoms. The molecule has 0 heterocycles. The molecule has 0 saturated heterocycles. The third-order valence-electron chi connectivity index (χ3n) is 6.92. The molecule has 7 rings (SSSR count). The Hall–Kier alpha value is -3.22. The van der Waals surface area contributed by atoms with Gasteiger partial charge in [0.25, 0.3) is 0 Å². The van der Waals surface area contributed by atoms with Gasteiger partial charge < -0.3 is 9.47 Å². The molecule has 0 radical (unpaired) electrons. The summed E-state index contributed by atoms with van der Waals surface area (Å²) in [5, 5.41) is 0. The Morgan fingerprint density at radius 1 is 0.528 bits per heavy atom. The van der Waals surface area contributed by atoms with Gasteiger partial charge in [0, 0.05) is 8.95 Å². The topological polar surface area (TPSA) is 52.6 Å². The number of fused-ring (bicyclic) bond motifs is 1. The highest BCUT2D eigenvalue weighted by atomic mass is 79.9. The fourth-order valence-corrected chi connectivity index (χ4v) is 6.18. The molecule has 2 atom stereocenters. The molecule has 3 aliphatic rings. The first-order chi connectivity index (χ1) is 17.5. The van der Waals surface area contributed by atoms with Crippen molar-refractivity contribution in [3.05, 3.63) is 139 Å². The number of carbonyl (C=O) groups is 2. The van der Waals surface area contributed by atoms with Gasteiger partial charge in [-0.3, -0.25) is 0 Å². The second kappa shape index (κ2) is 9.34. The zero-order valence-electron chi connectivity index (χ0n) is 18.9. The maximum Gasteiger partial charge on any atom is 0.338 e. The van der Waals surface area contributed by atoms with Gasteiger partial charge in [-0.05, 0) is 70.8 Å². The zero-order valence-corrected chi connectivity index (χ0v) is 22.1. The van der Waals surface area contributed by atoms with E-state index in [1.54, 1.807) is 48.5 Å². The summed E-state index contributed by atoms with van der Waals surface area (Å²) in [5.41, 5.74) is 5.21. The molecule has 4 aromatic rings. The van der Waals surface area contributed by atoms with Crippen LogP contribution in [0.1, 0.15) is 54.8 Å². The highest BCUT2D eigenvalue weighted by Crippen LogP contribution is 2.55. The van der Waals surface area contributed by atoms with E-state index in [0.29, 0.717) is 11.1 Å². The lowest BCUT2D eigenvalue weighted by atomic mass is 9.61. The second-order valence-corrected chi connectivity index (χ2v) is 10.8. The van der Waals surface area contributed by atoms with Crippen LogP contribution in [-0.2, 0) is 9.47 Å². The lowest BCUT2D eigenvalue weighted by Gasteiger charge is -2.49. The highest BCUT2D eigenvalue weighted by molar-refractivity contribution is 9.10. The van der Waals surface area contributed by atoms with E-state index in [2.05, 4.69) is 56.1 Å². The van der Waals surface area contributed by atoms with Gasteiger partial charge in [-0.2, -0.15) is 0 Å². The maximum absolute atomic E-state index is 13.3. The van der Waals surface area contributed by atoms with Crippen LogP contribution < -0.4 is 0 Å². The van der Waals surface area contributed by atoms with Crippen LogP contribution in [0, 0.1) is 0 Å². The molecular formula is C30H20Br2O4. The van der Waals surface area contributed by atoms with E-state index in [9.17, 15) is 9.59 Å². The SMILES string of the molecule is O=C(OC1C(OC(=O)c2ccccc2)[C@H]2c3cc(Br)ccc3[C@H]1c1ccc(Br)cc12)c1ccccc1. The van der Waals surface area contributed by atoms with Crippen molar-refractivity contribution in [2.45, 2.75) is 24.0 Å². The van der Waals surface area contributed by atoms with E-state index < -0.39 is 24.1 Å². The smallest absolute Gasteiger partial charge is 0.338 e. The minimum Gasteiger partial charge on any atom is -0.454 e. The molecular weight excluding hydrogens is 584 g/mol. The average Bonchev–Trinajstić information content (AvgIpc) is 2.90. The van der Waals surface area contributed by atoms with Crippen LogP contribution in [0.15, 0.2) is 106 Å². The summed E-state index contributed by atoms with van der Waals surface area (Å²) >= 11 is 7.21. The predicted octanol–water partition coefficient (Wildman–Crippen LogP) is 7.25. The first-order valence-electron chi connectivity index (χ1n) is 11.6. The van der Waals surface area contributed by atoms with Crippen molar-refractivity contribution >= 4 is 43.8 Å². The lowest BCUT2D eigenvalue weighted by Crippen LogP contribution is -2.51. The van der Waals surface area contributed by atoms with Crippen molar-refractivity contribution in [2.24, 2.45) is 0 Å². The van der Waals surface area contributed by atoms with Crippen LogP contribution in [-0.4, -0.2) is 24.1 Å². The van der Waals surface area contributed by atoms with Crippen molar-refractivity contribution < 1.29 is 19.1 Å². The molecule has 0 fully saturated rings. The van der Waals surface area contributed by atoms with Gasteiger partial charge in [0.2, 0.25) is 0 Å². The van der Waals surface area contributed by atoms with Crippen LogP contribution in [0.5, 0.6) is 0 Å². The zero-order chi connectivity index (χ0) is 24.8. The quantitative estimate of drug-likeness (QED) is 0.231. The van der Waals surface area contributed by atoms with Gasteiger partial charge in [-0.15, -0.1) is 0 Å². The van der Waals surface area contributed by atoms with E-state index in [0.717, 1.165) is 31.2 Å². The minimum absolute atomic E-state index is 0.276. The van der Waals surface area contributed by atoms with Crippen LogP contribution in [0.4, 0.5) is 0 Å². The Bertz CT molecular complexity index is 1420. The molecule has 36 heavy (non-hydrogen) atoms. The molecule has 4 aromatic carbocycles. The summed E-state index contributed by atoms with van der Waals surface area (Å²) < 4.78 is 14.3. The Labute approximate surface area is 225 Å². The van der Waals surface area contributed by atoms with Crippen molar-refractivity contribution in [1.82, 2.24) is 0 Å². The van der Waals surface area contributed by atoms with E-state index in [-0.39, 0.29) is 11.8 Å². The molecule has 0 aromatic heterocycles. The van der Waals surface area contributed by atoms with E-state index >= 15 is 0 Å². The Morgan fingerprint density at radius 2 is 0.917 bits per heavy atom. The van der Waals surface area contributed by atoms with Crippen LogP contribution >= 0.6 is 31.9 Å². The fraction of sp³-hybridized carbons (Fsp3) is 0.133. The van der Waals surface area contributed by atoms with E-state index in [1.165, 1.54) is 0 Å². The summed E-state index contributed by atoms with van der Waals surface area (Å²) in [4.78, 5) is 26.5. The van der Waals surface area contributed by atoms with Crippen molar-refractivity contribution in [3.63, 3.8) is 0 Å². The van der Waals surface area contributed by atoms with Gasteiger partial charge in [-0.1, -0.05) is 80.4 Å². The standard InChI is InChI=1S/C30H20Br2O4/c31-19-11-13-21-23(15-19)26-24-16-20(32)12-14-22(24)25(21)27(35-29(33)17-7-3-1-4-8-17)28(26)36-30(34)18-9-5-2-6-10-18/h1-16,25-28H/t25-,26-,27?,28?. The molecule has 0 amide bonds. The molecule has 2 unspecified atom stereocenters. The third-order valence-corrected chi connectivity index (χ3v) is 7.91. The first-order valence-corrected chi connectivity index (χ1v) is 13.2. The summed E-state index contributed by atoms with van der Waals surface area (Å²) in [6.45, 7) is 0. The first kappa shape index (κ1) is 23.2. The number of rotatable bonds is 4. The Kier molecular flexibility index (Phi) is 6.02. The summed E-state index contributed by atoms with van der Waals surface area (Å²) in [5.74, 6) is -1.45. The van der Waals surface area contributed by atoms with Crippen LogP contribution in [0.25, 0.3) is 0 Å². The Balaban J connectivity index is 1.49. The van der Waals surface area contributed by atoms with E-state index in [1.807, 2.05) is 24.3 Å². The van der Waals surface area contributed by atoms with Gasteiger partial charge in [0.1, 0.15) is 0 Å². The average molecular weight is 604 g/mol. The van der Waals surface area contributed by atoms with Crippen LogP contribution in [0.2, 0.25) is 0 Å². The molecule has 6 heteroatoms. The molecule has 0 aliphatic heterocycles. The highest BCUT2D eigenvalue weighted by Gasteiger charge is 2.54. The molecule has 178 valence electrons. The van der Waals surface area contributed by atoms with Crippen molar-refractivity contribution in [2.75, 3.05) is 0 Å². The monoisotopic (exact) mass is 602 g/mol. The van der Waals surface area contributed by atoms with E-state index in [4.69, 9.17) is 9.47 Å². The fourth-order valence-electron chi connectivity index (χ4n) is 5.42. The number of ether oxygens (including phenoxy) is 2. The normalized spacial score (nSPS) is 21.3. The lowest BCUT2D eigenvalue weighted by molar-refractivity contribution is -0.0557. The number of carbonyl (C=O) groups excluding carboxylic acids is 2. The molecule has 0 N–H and O–H groups in total. The predicted molar refractivity (Wildman–Crippen MR) is 143 cm³/mol. The van der Waals surface area contributed by atoms with Crippen molar-refractivity contribution in [1.29, 1.82) is 0 Å².